The molecule has 0 aliphatic rings. The Morgan fingerprint density at radius 1 is 1.32 bits per heavy atom. The molecule has 8 heteroatoms. The highest BCUT2D eigenvalue weighted by molar-refractivity contribution is 5.89. The molecule has 0 bridgehead atoms. The van der Waals surface area contributed by atoms with Crippen molar-refractivity contribution in [3.8, 4) is 0 Å². The fourth-order valence-electron chi connectivity index (χ4n) is 1.64. The van der Waals surface area contributed by atoms with Crippen molar-refractivity contribution in [2.24, 2.45) is 12.1 Å². The zero-order chi connectivity index (χ0) is 16.3. The van der Waals surface area contributed by atoms with E-state index in [-0.39, 0.29) is 11.4 Å². The minimum Gasteiger partial charge on any atom is -0.478 e. The van der Waals surface area contributed by atoms with E-state index in [9.17, 15) is 14.4 Å². The maximum absolute atomic E-state index is 11.5. The molecule has 0 spiro atoms. The minimum atomic E-state index is -1.00. The highest BCUT2D eigenvalue weighted by Gasteiger charge is 2.04. The Bertz CT molecular complexity index is 802. The molecule has 0 aliphatic heterocycles. The largest absolute Gasteiger partial charge is 0.478 e. The van der Waals surface area contributed by atoms with E-state index in [1.807, 2.05) is 0 Å². The molecule has 0 atom stereocenters. The quantitative estimate of drug-likeness (QED) is 0.621. The number of H-pyrrole nitrogens is 1. The van der Waals surface area contributed by atoms with Crippen molar-refractivity contribution in [1.82, 2.24) is 9.55 Å². The van der Waals surface area contributed by atoms with Gasteiger partial charge < -0.3 is 5.11 Å². The van der Waals surface area contributed by atoms with Gasteiger partial charge >= 0.3 is 11.7 Å². The van der Waals surface area contributed by atoms with E-state index in [4.69, 9.17) is 5.11 Å². The second-order valence-electron chi connectivity index (χ2n) is 4.55. The number of carboxylic acid groups (broad SMARTS) is 1. The van der Waals surface area contributed by atoms with E-state index in [0.29, 0.717) is 5.56 Å². The number of aromatic carboxylic acids is 1. The summed E-state index contributed by atoms with van der Waals surface area (Å²) in [6, 6.07) is 7.39. The molecular weight excluding hydrogens is 288 g/mol. The van der Waals surface area contributed by atoms with Gasteiger partial charge in [-0.15, -0.1) is 0 Å². The van der Waals surface area contributed by atoms with Gasteiger partial charge in [0.05, 0.1) is 11.8 Å². The van der Waals surface area contributed by atoms with E-state index in [1.54, 1.807) is 19.2 Å². The number of anilines is 1. The molecule has 2 N–H and O–H groups in total. The lowest BCUT2D eigenvalue weighted by molar-refractivity contribution is 0.0697. The van der Waals surface area contributed by atoms with E-state index in [0.717, 1.165) is 4.57 Å². The summed E-state index contributed by atoms with van der Waals surface area (Å²) in [6.07, 6.45) is 1.49. The average molecular weight is 302 g/mol. The van der Waals surface area contributed by atoms with E-state index in [2.05, 4.69) is 10.1 Å². The van der Waals surface area contributed by atoms with Crippen LogP contribution in [0.3, 0.4) is 0 Å². The number of nitrogens with zero attached hydrogens (tertiary/aromatic N) is 3. The van der Waals surface area contributed by atoms with Crippen molar-refractivity contribution in [3.05, 3.63) is 62.3 Å². The first-order chi connectivity index (χ1) is 10.4. The molecular formula is C14H14N4O4. The van der Waals surface area contributed by atoms with Gasteiger partial charge in [0, 0.05) is 20.2 Å². The maximum Gasteiger partial charge on any atom is 0.335 e. The lowest BCUT2D eigenvalue weighted by atomic mass is 10.1. The molecule has 2 rings (SSSR count). The van der Waals surface area contributed by atoms with Crippen molar-refractivity contribution in [2.45, 2.75) is 0 Å². The van der Waals surface area contributed by atoms with E-state index >= 15 is 0 Å². The fourth-order valence-corrected chi connectivity index (χ4v) is 1.64. The zero-order valence-corrected chi connectivity index (χ0v) is 12.0. The summed E-state index contributed by atoms with van der Waals surface area (Å²) < 4.78 is 0.950. The van der Waals surface area contributed by atoms with Crippen molar-refractivity contribution >= 4 is 18.0 Å². The highest BCUT2D eigenvalue weighted by atomic mass is 16.4. The Hall–Kier alpha value is -3.16. The Balaban J connectivity index is 2.21. The molecule has 1 heterocycles. The molecule has 8 nitrogen and oxygen atoms in total. The second kappa shape index (κ2) is 6.08. The number of carbonyl (C=O) groups is 1. The van der Waals surface area contributed by atoms with Gasteiger partial charge in [-0.05, 0) is 17.7 Å². The van der Waals surface area contributed by atoms with Crippen LogP contribution in [-0.4, -0.2) is 33.9 Å². The number of hydrazone groups is 1. The van der Waals surface area contributed by atoms with Crippen molar-refractivity contribution in [2.75, 3.05) is 12.1 Å². The molecule has 0 saturated carbocycles. The van der Waals surface area contributed by atoms with Crippen LogP contribution in [0.2, 0.25) is 0 Å². The minimum absolute atomic E-state index is 0.182. The third kappa shape index (κ3) is 3.29. The van der Waals surface area contributed by atoms with Crippen LogP contribution < -0.4 is 16.3 Å². The first kappa shape index (κ1) is 15.2. The summed E-state index contributed by atoms with van der Waals surface area (Å²) in [6.45, 7) is 0. The number of aromatic nitrogens is 2. The third-order valence-corrected chi connectivity index (χ3v) is 3.02. The van der Waals surface area contributed by atoms with Crippen LogP contribution in [0.25, 0.3) is 0 Å². The van der Waals surface area contributed by atoms with E-state index in [1.165, 1.54) is 36.5 Å². The van der Waals surface area contributed by atoms with Crippen LogP contribution in [0.4, 0.5) is 5.82 Å². The fraction of sp³-hybridized carbons (Fsp3) is 0.143. The summed E-state index contributed by atoms with van der Waals surface area (Å²) in [5, 5.41) is 14.2. The van der Waals surface area contributed by atoms with Gasteiger partial charge in [0.2, 0.25) is 0 Å². The van der Waals surface area contributed by atoms with Crippen molar-refractivity contribution in [3.63, 3.8) is 0 Å². The number of aromatic amines is 1. The molecule has 1 aromatic carbocycles. The average Bonchev–Trinajstić information content (AvgIpc) is 2.50. The van der Waals surface area contributed by atoms with Gasteiger partial charge in [0.1, 0.15) is 5.82 Å². The SMILES string of the molecule is CN(/N=C/c1ccc(C(=O)O)cc1)c1cc(=O)n(C)c(=O)[nH]1. The zero-order valence-electron chi connectivity index (χ0n) is 12.0. The lowest BCUT2D eigenvalue weighted by Gasteiger charge is -2.12. The Kier molecular flexibility index (Phi) is 4.21. The highest BCUT2D eigenvalue weighted by Crippen LogP contribution is 2.05. The van der Waals surface area contributed by atoms with Gasteiger partial charge in [0.25, 0.3) is 5.56 Å². The van der Waals surface area contributed by atoms with Crippen LogP contribution in [0.1, 0.15) is 15.9 Å². The Morgan fingerprint density at radius 3 is 2.50 bits per heavy atom. The van der Waals surface area contributed by atoms with Crippen LogP contribution in [0, 0.1) is 0 Å². The molecule has 0 fully saturated rings. The topological polar surface area (TPSA) is 108 Å². The van der Waals surface area contributed by atoms with Gasteiger partial charge in [-0.2, -0.15) is 5.10 Å². The monoisotopic (exact) mass is 302 g/mol. The molecule has 114 valence electrons. The van der Waals surface area contributed by atoms with Crippen LogP contribution in [0.15, 0.2) is 45.0 Å². The molecule has 22 heavy (non-hydrogen) atoms. The summed E-state index contributed by atoms with van der Waals surface area (Å²) >= 11 is 0. The number of carboxylic acids is 1. The number of hydrogen-bond donors (Lipinski definition) is 2. The molecule has 0 aliphatic carbocycles. The summed E-state index contributed by atoms with van der Waals surface area (Å²) in [5.41, 5.74) is -0.105. The van der Waals surface area contributed by atoms with Gasteiger partial charge in [-0.3, -0.25) is 19.4 Å². The lowest BCUT2D eigenvalue weighted by Crippen LogP contribution is -2.33. The van der Waals surface area contributed by atoms with Crippen LogP contribution in [0.5, 0.6) is 0 Å². The molecule has 0 saturated heterocycles. The molecule has 0 unspecified atom stereocenters. The second-order valence-corrected chi connectivity index (χ2v) is 4.55. The van der Waals surface area contributed by atoms with Gasteiger partial charge in [-0.1, -0.05) is 12.1 Å². The molecule has 0 radical (unpaired) electrons. The van der Waals surface area contributed by atoms with E-state index < -0.39 is 17.2 Å². The van der Waals surface area contributed by atoms with Crippen LogP contribution >= 0.6 is 0 Å². The number of rotatable bonds is 4. The number of nitrogens with one attached hydrogen (secondary N) is 1. The summed E-state index contributed by atoms with van der Waals surface area (Å²) in [5.74, 6) is -0.746. The first-order valence-corrected chi connectivity index (χ1v) is 6.30. The van der Waals surface area contributed by atoms with Crippen molar-refractivity contribution in [1.29, 1.82) is 0 Å². The van der Waals surface area contributed by atoms with Gasteiger partial charge in [0.15, 0.2) is 0 Å². The normalized spacial score (nSPS) is 10.8. The third-order valence-electron chi connectivity index (χ3n) is 3.02. The van der Waals surface area contributed by atoms with Crippen LogP contribution in [-0.2, 0) is 7.05 Å². The smallest absolute Gasteiger partial charge is 0.335 e. The molecule has 1 aromatic heterocycles. The van der Waals surface area contributed by atoms with Gasteiger partial charge in [-0.25, -0.2) is 9.59 Å². The Morgan fingerprint density at radius 2 is 1.95 bits per heavy atom. The number of hydrogen-bond acceptors (Lipinski definition) is 5. The predicted molar refractivity (Wildman–Crippen MR) is 81.7 cm³/mol. The summed E-state index contributed by atoms with van der Waals surface area (Å²) in [7, 11) is 2.95. The maximum atomic E-state index is 11.5. The van der Waals surface area contributed by atoms with Crippen molar-refractivity contribution < 1.29 is 9.90 Å². The Labute approximate surface area is 125 Å². The molecule has 0 amide bonds. The first-order valence-electron chi connectivity index (χ1n) is 6.30. The number of benzene rings is 1. The molecule has 2 aromatic rings. The summed E-state index contributed by atoms with van der Waals surface area (Å²) in [4.78, 5) is 36.3. The predicted octanol–water partition coefficient (Wildman–Crippen LogP) is 0.242. The standard InChI is InChI=1S/C14H14N4O4/c1-17-12(19)7-11(16-14(17)22)18(2)15-8-9-3-5-10(6-4-9)13(20)21/h3-8H,1-2H3,(H,16,22)(H,20,21)/b15-8+.